The van der Waals surface area contributed by atoms with Crippen molar-refractivity contribution in [3.63, 3.8) is 0 Å². The fraction of sp³-hybridized carbons (Fsp3) is 0.304. The van der Waals surface area contributed by atoms with E-state index in [9.17, 15) is 4.79 Å². The normalized spacial score (nSPS) is 11.2. The lowest BCUT2D eigenvalue weighted by Gasteiger charge is -2.22. The van der Waals surface area contributed by atoms with Crippen LogP contribution in [0, 0.1) is 0 Å². The summed E-state index contributed by atoms with van der Waals surface area (Å²) in [4.78, 5) is 28.1. The number of nitrogens with zero attached hydrogens (tertiary/aromatic N) is 4. The molecule has 0 aliphatic rings. The first-order chi connectivity index (χ1) is 13.8. The molecule has 150 valence electrons. The summed E-state index contributed by atoms with van der Waals surface area (Å²) >= 11 is 0. The molecule has 0 bridgehead atoms. The molecular weight excluding hydrogens is 362 g/mol. The summed E-state index contributed by atoms with van der Waals surface area (Å²) in [5, 5.41) is 2.98. The Morgan fingerprint density at radius 2 is 1.72 bits per heavy atom. The molecule has 0 unspecified atom stereocenters. The number of hydrogen-bond acceptors (Lipinski definition) is 5. The van der Waals surface area contributed by atoms with Crippen LogP contribution in [0.5, 0.6) is 0 Å². The van der Waals surface area contributed by atoms with Gasteiger partial charge in [0.25, 0.3) is 5.91 Å². The van der Waals surface area contributed by atoms with E-state index in [4.69, 9.17) is 4.98 Å². The molecule has 1 amide bonds. The Balaban J connectivity index is 1.90. The molecule has 2 heterocycles. The number of nitrogens with one attached hydrogen (secondary N) is 1. The summed E-state index contributed by atoms with van der Waals surface area (Å²) in [6, 6.07) is 15.5. The van der Waals surface area contributed by atoms with E-state index in [2.05, 4.69) is 15.3 Å². The Morgan fingerprint density at radius 1 is 1.03 bits per heavy atom. The highest BCUT2D eigenvalue weighted by Crippen LogP contribution is 2.20. The van der Waals surface area contributed by atoms with Gasteiger partial charge in [-0.05, 0) is 44.9 Å². The molecule has 6 heteroatoms. The van der Waals surface area contributed by atoms with Crippen molar-refractivity contribution in [1.29, 1.82) is 0 Å². The topological polar surface area (TPSA) is 71.0 Å². The van der Waals surface area contributed by atoms with Crippen LogP contribution in [0.4, 0.5) is 5.82 Å². The molecule has 1 aromatic carbocycles. The van der Waals surface area contributed by atoms with Crippen LogP contribution in [0.15, 0.2) is 60.9 Å². The zero-order valence-electron chi connectivity index (χ0n) is 17.4. The van der Waals surface area contributed by atoms with Crippen molar-refractivity contribution in [2.45, 2.75) is 32.7 Å². The van der Waals surface area contributed by atoms with Crippen LogP contribution in [-0.2, 0) is 6.42 Å². The second-order valence-corrected chi connectivity index (χ2v) is 8.03. The molecule has 0 aliphatic carbocycles. The number of anilines is 1. The van der Waals surface area contributed by atoms with Gasteiger partial charge in [0.05, 0.1) is 0 Å². The van der Waals surface area contributed by atoms with Crippen molar-refractivity contribution >= 4 is 11.7 Å². The fourth-order valence-electron chi connectivity index (χ4n) is 2.83. The van der Waals surface area contributed by atoms with Gasteiger partial charge in [-0.25, -0.2) is 9.97 Å². The summed E-state index contributed by atoms with van der Waals surface area (Å²) < 4.78 is 0. The van der Waals surface area contributed by atoms with Crippen LogP contribution in [0.3, 0.4) is 0 Å². The molecule has 6 nitrogen and oxygen atoms in total. The van der Waals surface area contributed by atoms with E-state index in [0.717, 1.165) is 18.5 Å². The Morgan fingerprint density at radius 3 is 2.38 bits per heavy atom. The average Bonchev–Trinajstić information content (AvgIpc) is 2.72. The second-order valence-electron chi connectivity index (χ2n) is 8.03. The molecule has 29 heavy (non-hydrogen) atoms. The molecule has 1 N–H and O–H groups in total. The van der Waals surface area contributed by atoms with Crippen LogP contribution in [-0.4, -0.2) is 40.0 Å². The van der Waals surface area contributed by atoms with E-state index >= 15 is 0 Å². The predicted octanol–water partition coefficient (Wildman–Crippen LogP) is 3.75. The van der Waals surface area contributed by atoms with E-state index in [1.54, 1.807) is 18.5 Å². The van der Waals surface area contributed by atoms with E-state index in [0.29, 0.717) is 17.3 Å². The minimum absolute atomic E-state index is 0.208. The molecule has 3 rings (SSSR count). The maximum atomic E-state index is 12.8. The third kappa shape index (κ3) is 5.85. The number of aromatic nitrogens is 3. The Labute approximate surface area is 172 Å². The van der Waals surface area contributed by atoms with Crippen molar-refractivity contribution in [2.75, 3.05) is 18.5 Å². The zero-order chi connectivity index (χ0) is 20.9. The number of rotatable bonds is 6. The SMILES string of the molecule is CN(CCc1ccncc1)c1cc(C(=O)NC(C)(C)C)nc(-c2ccccc2)n1. The van der Waals surface area contributed by atoms with Crippen molar-refractivity contribution < 1.29 is 4.79 Å². The van der Waals surface area contributed by atoms with Crippen LogP contribution < -0.4 is 10.2 Å². The van der Waals surface area contributed by atoms with Gasteiger partial charge in [0.2, 0.25) is 0 Å². The van der Waals surface area contributed by atoms with Gasteiger partial charge in [-0.2, -0.15) is 0 Å². The van der Waals surface area contributed by atoms with E-state index in [1.165, 1.54) is 5.56 Å². The van der Waals surface area contributed by atoms with Gasteiger partial charge in [0.15, 0.2) is 5.82 Å². The maximum Gasteiger partial charge on any atom is 0.270 e. The van der Waals surface area contributed by atoms with Gasteiger partial charge in [-0.15, -0.1) is 0 Å². The summed E-state index contributed by atoms with van der Waals surface area (Å²) in [5.41, 5.74) is 2.10. The van der Waals surface area contributed by atoms with Crippen molar-refractivity contribution in [3.05, 3.63) is 72.2 Å². The van der Waals surface area contributed by atoms with E-state index < -0.39 is 0 Å². The molecule has 3 aromatic rings. The summed E-state index contributed by atoms with van der Waals surface area (Å²) in [6.07, 6.45) is 4.44. The first-order valence-corrected chi connectivity index (χ1v) is 9.69. The first-order valence-electron chi connectivity index (χ1n) is 9.69. The minimum Gasteiger partial charge on any atom is -0.359 e. The number of carbonyl (C=O) groups is 1. The average molecular weight is 390 g/mol. The Bertz CT molecular complexity index is 952. The third-order valence-electron chi connectivity index (χ3n) is 4.34. The lowest BCUT2D eigenvalue weighted by molar-refractivity contribution is 0.0914. The lowest BCUT2D eigenvalue weighted by Crippen LogP contribution is -2.41. The van der Waals surface area contributed by atoms with Gasteiger partial charge in [0.1, 0.15) is 11.5 Å². The monoisotopic (exact) mass is 389 g/mol. The molecular formula is C23H27N5O. The van der Waals surface area contributed by atoms with Gasteiger partial charge in [-0.3, -0.25) is 9.78 Å². The number of carbonyl (C=O) groups excluding carboxylic acids is 1. The highest BCUT2D eigenvalue weighted by Gasteiger charge is 2.19. The van der Waals surface area contributed by atoms with Gasteiger partial charge in [0, 0.05) is 43.2 Å². The molecule has 0 radical (unpaired) electrons. The smallest absolute Gasteiger partial charge is 0.270 e. The van der Waals surface area contributed by atoms with Gasteiger partial charge < -0.3 is 10.2 Å². The lowest BCUT2D eigenvalue weighted by atomic mass is 10.1. The third-order valence-corrected chi connectivity index (χ3v) is 4.34. The largest absolute Gasteiger partial charge is 0.359 e. The van der Waals surface area contributed by atoms with Crippen molar-refractivity contribution in [2.24, 2.45) is 0 Å². The van der Waals surface area contributed by atoms with Gasteiger partial charge >= 0.3 is 0 Å². The summed E-state index contributed by atoms with van der Waals surface area (Å²) in [7, 11) is 1.98. The van der Waals surface area contributed by atoms with Crippen molar-refractivity contribution in [1.82, 2.24) is 20.3 Å². The molecule has 0 saturated heterocycles. The van der Waals surface area contributed by atoms with Crippen LogP contribution in [0.1, 0.15) is 36.8 Å². The Hall–Kier alpha value is -3.28. The first kappa shape index (κ1) is 20.5. The summed E-state index contributed by atoms with van der Waals surface area (Å²) in [5.74, 6) is 1.05. The predicted molar refractivity (Wildman–Crippen MR) is 116 cm³/mol. The van der Waals surface area contributed by atoms with Crippen LogP contribution >= 0.6 is 0 Å². The molecule has 0 atom stereocenters. The minimum atomic E-state index is -0.345. The number of benzene rings is 1. The van der Waals surface area contributed by atoms with Gasteiger partial charge in [-0.1, -0.05) is 30.3 Å². The molecule has 0 saturated carbocycles. The van der Waals surface area contributed by atoms with Crippen LogP contribution in [0.25, 0.3) is 11.4 Å². The Kier molecular flexibility index (Phi) is 6.22. The summed E-state index contributed by atoms with van der Waals surface area (Å²) in [6.45, 7) is 6.61. The highest BCUT2D eigenvalue weighted by molar-refractivity contribution is 5.94. The van der Waals surface area contributed by atoms with E-state index in [1.807, 2.05) is 75.2 Å². The maximum absolute atomic E-state index is 12.8. The number of pyridine rings is 1. The molecule has 0 fully saturated rings. The standard InChI is InChI=1S/C23H27N5O/c1-23(2,3)27-22(29)19-16-20(26-21(25-19)18-8-6-5-7-9-18)28(4)15-12-17-10-13-24-14-11-17/h5-11,13-14,16H,12,15H2,1-4H3,(H,27,29). The fourth-order valence-corrected chi connectivity index (χ4v) is 2.83. The number of likely N-dealkylation sites (N-methyl/N-ethyl adjacent to an activating group) is 1. The quantitative estimate of drug-likeness (QED) is 0.695. The molecule has 2 aromatic heterocycles. The number of amides is 1. The van der Waals surface area contributed by atoms with Crippen LogP contribution in [0.2, 0.25) is 0 Å². The van der Waals surface area contributed by atoms with E-state index in [-0.39, 0.29) is 11.4 Å². The highest BCUT2D eigenvalue weighted by atomic mass is 16.2. The molecule has 0 aliphatic heterocycles. The molecule has 0 spiro atoms. The zero-order valence-corrected chi connectivity index (χ0v) is 17.4. The second kappa shape index (κ2) is 8.82. The number of hydrogen-bond donors (Lipinski definition) is 1. The van der Waals surface area contributed by atoms with Crippen molar-refractivity contribution in [3.8, 4) is 11.4 Å².